The van der Waals surface area contributed by atoms with Crippen LogP contribution in [0.4, 0.5) is 5.69 Å². The molecule has 38 heavy (non-hydrogen) atoms. The molecule has 1 saturated carbocycles. The van der Waals surface area contributed by atoms with Gasteiger partial charge in [-0.25, -0.2) is 12.7 Å². The minimum absolute atomic E-state index is 0.00386. The predicted octanol–water partition coefficient (Wildman–Crippen LogP) is 2.91. The number of piperidine rings is 1. The molecule has 2 aliphatic heterocycles. The number of guanidine groups is 1. The molecule has 202 valence electrons. The van der Waals surface area contributed by atoms with Crippen molar-refractivity contribution in [2.24, 2.45) is 11.7 Å². The third-order valence-corrected chi connectivity index (χ3v) is 9.29. The van der Waals surface area contributed by atoms with Crippen LogP contribution in [0.15, 0.2) is 47.4 Å². The third kappa shape index (κ3) is 5.33. The standard InChI is InChI=1S/C27H34N6O4S/c1-18(34)33(22-5-4-19-10-13-32(27(29)30)17-21(19)16-22)38(35,36)25-8-6-23(7-9-25)37-24-11-14-31(15-12-24)26(28)20-2-3-20/h4-9,16,20,24,28H,2-3,10-15,17H2,1H3,(H3,29,30). The largest absolute Gasteiger partial charge is 0.490 e. The predicted molar refractivity (Wildman–Crippen MR) is 145 cm³/mol. The molecule has 3 aliphatic rings. The van der Waals surface area contributed by atoms with Gasteiger partial charge in [0.2, 0.25) is 5.91 Å². The van der Waals surface area contributed by atoms with Crippen molar-refractivity contribution in [3.8, 4) is 5.75 Å². The van der Waals surface area contributed by atoms with Crippen molar-refractivity contribution in [3.63, 3.8) is 0 Å². The molecule has 5 rings (SSSR count). The molecule has 1 saturated heterocycles. The van der Waals surface area contributed by atoms with Crippen LogP contribution in [0, 0.1) is 16.7 Å². The second kappa shape index (κ2) is 10.3. The lowest BCUT2D eigenvalue weighted by Gasteiger charge is -2.34. The zero-order valence-electron chi connectivity index (χ0n) is 21.5. The molecule has 11 heteroatoms. The number of carbonyl (C=O) groups is 1. The summed E-state index contributed by atoms with van der Waals surface area (Å²) in [4.78, 5) is 16.4. The zero-order valence-corrected chi connectivity index (χ0v) is 22.3. The summed E-state index contributed by atoms with van der Waals surface area (Å²) in [5, 5.41) is 16.0. The van der Waals surface area contributed by atoms with E-state index in [-0.39, 0.29) is 22.6 Å². The lowest BCUT2D eigenvalue weighted by atomic mass is 9.99. The molecule has 10 nitrogen and oxygen atoms in total. The Morgan fingerprint density at radius 2 is 1.66 bits per heavy atom. The van der Waals surface area contributed by atoms with Gasteiger partial charge in [0.15, 0.2) is 5.96 Å². The summed E-state index contributed by atoms with van der Waals surface area (Å²) in [5.41, 5.74) is 7.79. The second-order valence-corrected chi connectivity index (χ2v) is 12.0. The lowest BCUT2D eigenvalue weighted by Crippen LogP contribution is -2.42. The van der Waals surface area contributed by atoms with Crippen LogP contribution >= 0.6 is 0 Å². The molecule has 1 amide bonds. The first-order valence-corrected chi connectivity index (χ1v) is 14.4. The normalized spacial score (nSPS) is 18.0. The Balaban J connectivity index is 1.28. The third-order valence-electron chi connectivity index (χ3n) is 7.47. The maximum Gasteiger partial charge on any atom is 0.270 e. The first kappa shape index (κ1) is 26.0. The minimum atomic E-state index is -4.16. The van der Waals surface area contributed by atoms with Crippen molar-refractivity contribution in [1.29, 1.82) is 10.8 Å². The van der Waals surface area contributed by atoms with Crippen LogP contribution in [-0.2, 0) is 27.8 Å². The van der Waals surface area contributed by atoms with Crippen molar-refractivity contribution < 1.29 is 17.9 Å². The van der Waals surface area contributed by atoms with E-state index in [4.69, 9.17) is 21.3 Å². The molecule has 2 heterocycles. The molecule has 4 N–H and O–H groups in total. The highest BCUT2D eigenvalue weighted by molar-refractivity contribution is 7.93. The van der Waals surface area contributed by atoms with Gasteiger partial charge in [0.25, 0.3) is 10.0 Å². The van der Waals surface area contributed by atoms with E-state index < -0.39 is 15.9 Å². The number of nitrogens with zero attached hydrogens (tertiary/aromatic N) is 3. The molecule has 2 aromatic carbocycles. The first-order valence-electron chi connectivity index (χ1n) is 13.0. The monoisotopic (exact) mass is 538 g/mol. The van der Waals surface area contributed by atoms with Gasteiger partial charge in [0.1, 0.15) is 11.9 Å². The van der Waals surface area contributed by atoms with Crippen LogP contribution in [0.25, 0.3) is 0 Å². The van der Waals surface area contributed by atoms with Crippen LogP contribution in [0.5, 0.6) is 5.75 Å². The van der Waals surface area contributed by atoms with Gasteiger partial charge in [-0.05, 0) is 66.8 Å². The average molecular weight is 539 g/mol. The summed E-state index contributed by atoms with van der Waals surface area (Å²) in [5.74, 6) is 1.11. The summed E-state index contributed by atoms with van der Waals surface area (Å²) in [6.45, 7) is 3.83. The number of ether oxygens (including phenoxy) is 1. The van der Waals surface area contributed by atoms with Crippen LogP contribution in [0.1, 0.15) is 43.7 Å². The molecule has 0 aromatic heterocycles. The smallest absolute Gasteiger partial charge is 0.270 e. The van der Waals surface area contributed by atoms with Crippen molar-refractivity contribution in [1.82, 2.24) is 9.80 Å². The van der Waals surface area contributed by atoms with E-state index >= 15 is 0 Å². The summed E-state index contributed by atoms with van der Waals surface area (Å²) < 4.78 is 34.0. The number of nitrogens with two attached hydrogens (primary N) is 1. The maximum absolute atomic E-state index is 13.6. The Bertz CT molecular complexity index is 1350. The van der Waals surface area contributed by atoms with Gasteiger partial charge in [-0.2, -0.15) is 0 Å². The second-order valence-electron chi connectivity index (χ2n) is 10.2. The van der Waals surface area contributed by atoms with Crippen LogP contribution in [0.2, 0.25) is 0 Å². The van der Waals surface area contributed by atoms with Gasteiger partial charge in [-0.15, -0.1) is 0 Å². The van der Waals surface area contributed by atoms with E-state index in [1.165, 1.54) is 19.1 Å². The topological polar surface area (TPSA) is 144 Å². The van der Waals surface area contributed by atoms with E-state index in [1.54, 1.807) is 29.2 Å². The first-order chi connectivity index (χ1) is 18.1. The Kier molecular flexibility index (Phi) is 7.04. The average Bonchev–Trinajstić information content (AvgIpc) is 3.74. The highest BCUT2D eigenvalue weighted by Gasteiger charge is 2.33. The highest BCUT2D eigenvalue weighted by Crippen LogP contribution is 2.33. The zero-order chi connectivity index (χ0) is 27.0. The SMILES string of the molecule is CC(=O)N(c1ccc2c(c1)CN(C(=N)N)CC2)S(=O)(=O)c1ccc(OC2CCN(C(=N)C3CC3)CC2)cc1. The lowest BCUT2D eigenvalue weighted by molar-refractivity contribution is -0.115. The summed E-state index contributed by atoms with van der Waals surface area (Å²) in [7, 11) is -4.16. The number of rotatable bonds is 6. The number of hydrogen-bond donors (Lipinski definition) is 3. The van der Waals surface area contributed by atoms with Crippen molar-refractivity contribution >= 4 is 33.4 Å². The van der Waals surface area contributed by atoms with Gasteiger partial charge in [0, 0.05) is 51.9 Å². The Hall–Kier alpha value is -3.60. The fourth-order valence-electron chi connectivity index (χ4n) is 5.18. The van der Waals surface area contributed by atoms with Gasteiger partial charge >= 0.3 is 0 Å². The summed E-state index contributed by atoms with van der Waals surface area (Å²) in [6.07, 6.45) is 4.57. The van der Waals surface area contributed by atoms with E-state index in [2.05, 4.69) is 4.90 Å². The van der Waals surface area contributed by atoms with E-state index in [0.717, 1.165) is 60.0 Å². The fraction of sp³-hybridized carbons (Fsp3) is 0.444. The van der Waals surface area contributed by atoms with Gasteiger partial charge in [0.05, 0.1) is 16.4 Å². The van der Waals surface area contributed by atoms with Crippen molar-refractivity contribution in [2.45, 2.75) is 56.6 Å². The molecular formula is C27H34N6O4S. The number of sulfonamides is 1. The molecule has 2 aromatic rings. The number of fused-ring (bicyclic) bond motifs is 1. The number of anilines is 1. The highest BCUT2D eigenvalue weighted by atomic mass is 32.2. The van der Waals surface area contributed by atoms with Gasteiger partial charge < -0.3 is 20.3 Å². The molecule has 0 radical (unpaired) electrons. The van der Waals surface area contributed by atoms with E-state index in [9.17, 15) is 13.2 Å². The molecule has 2 fully saturated rings. The molecule has 0 spiro atoms. The minimum Gasteiger partial charge on any atom is -0.490 e. The molecule has 0 bridgehead atoms. The van der Waals surface area contributed by atoms with Crippen LogP contribution in [-0.4, -0.2) is 61.7 Å². The van der Waals surface area contributed by atoms with Crippen LogP contribution < -0.4 is 14.8 Å². The van der Waals surface area contributed by atoms with Crippen molar-refractivity contribution in [2.75, 3.05) is 23.9 Å². The molecule has 0 unspecified atom stereocenters. The molecular weight excluding hydrogens is 504 g/mol. The Morgan fingerprint density at radius 3 is 2.26 bits per heavy atom. The molecule has 1 aliphatic carbocycles. The Labute approximate surface area is 223 Å². The summed E-state index contributed by atoms with van der Waals surface area (Å²) in [6, 6.07) is 11.4. The van der Waals surface area contributed by atoms with Gasteiger partial charge in [-0.1, -0.05) is 6.07 Å². The fourth-order valence-corrected chi connectivity index (χ4v) is 6.60. The number of nitrogens with one attached hydrogen (secondary N) is 2. The number of carbonyl (C=O) groups excluding carboxylic acids is 1. The molecule has 0 atom stereocenters. The number of amidine groups is 1. The van der Waals surface area contributed by atoms with Crippen molar-refractivity contribution in [3.05, 3.63) is 53.6 Å². The number of hydrogen-bond acceptors (Lipinski definition) is 6. The van der Waals surface area contributed by atoms with Gasteiger partial charge in [-0.3, -0.25) is 15.6 Å². The Morgan fingerprint density at radius 1 is 0.974 bits per heavy atom. The van der Waals surface area contributed by atoms with E-state index in [1.807, 2.05) is 6.07 Å². The quantitative estimate of drug-likeness (QED) is 0.379. The number of likely N-dealkylation sites (tertiary alicyclic amines) is 1. The number of amides is 1. The van der Waals surface area contributed by atoms with Crippen LogP contribution in [0.3, 0.4) is 0 Å². The number of benzene rings is 2. The maximum atomic E-state index is 13.6. The van der Waals surface area contributed by atoms with E-state index in [0.29, 0.717) is 31.2 Å². The summed E-state index contributed by atoms with van der Waals surface area (Å²) >= 11 is 0.